The van der Waals surface area contributed by atoms with Crippen LogP contribution in [0.25, 0.3) is 0 Å². The predicted octanol–water partition coefficient (Wildman–Crippen LogP) is 3.11. The van der Waals surface area contributed by atoms with Crippen LogP contribution in [0.3, 0.4) is 0 Å². The molecule has 0 bridgehead atoms. The number of hydrogen-bond acceptors (Lipinski definition) is 2. The van der Waals surface area contributed by atoms with Gasteiger partial charge in [-0.1, -0.05) is 19.8 Å². The summed E-state index contributed by atoms with van der Waals surface area (Å²) < 4.78 is 5.08. The molecule has 14 heavy (non-hydrogen) atoms. The number of methoxy groups -OCH3 is 1. The maximum Gasteiger partial charge on any atom is 0.119 e. The van der Waals surface area contributed by atoms with Gasteiger partial charge in [-0.2, -0.15) is 0 Å². The van der Waals surface area contributed by atoms with Crippen molar-refractivity contribution in [2.45, 2.75) is 19.3 Å². The lowest BCUT2D eigenvalue weighted by molar-refractivity contribution is 0.415. The smallest absolute Gasteiger partial charge is 0.119 e. The average Bonchev–Trinajstić information content (AvgIpc) is 2.25. The van der Waals surface area contributed by atoms with Gasteiger partial charge in [-0.05, 0) is 30.7 Å². The summed E-state index contributed by atoms with van der Waals surface area (Å²) >= 11 is 0. The molecule has 0 amide bonds. The molecule has 0 heterocycles. The monoisotopic (exact) mass is 192 g/mol. The fourth-order valence-corrected chi connectivity index (χ4v) is 1.24. The molecular weight excluding hydrogens is 174 g/mol. The topological polar surface area (TPSA) is 21.3 Å². The maximum atomic E-state index is 5.08. The zero-order valence-corrected chi connectivity index (χ0v) is 8.75. The number of ether oxygens (including phenoxy) is 1. The summed E-state index contributed by atoms with van der Waals surface area (Å²) in [4.78, 5) is 0. The van der Waals surface area contributed by atoms with Gasteiger partial charge in [0.2, 0.25) is 0 Å². The van der Waals surface area contributed by atoms with Gasteiger partial charge in [-0.15, -0.1) is 0 Å². The summed E-state index contributed by atoms with van der Waals surface area (Å²) in [5.41, 5.74) is 1.15. The van der Waals surface area contributed by atoms with Crippen LogP contribution in [0.4, 0.5) is 5.69 Å². The molecule has 0 spiro atoms. The van der Waals surface area contributed by atoms with Gasteiger partial charge >= 0.3 is 0 Å². The normalized spacial score (nSPS) is 9.86. The van der Waals surface area contributed by atoms with E-state index in [1.165, 1.54) is 12.8 Å². The van der Waals surface area contributed by atoms with Crippen LogP contribution in [0.15, 0.2) is 24.3 Å². The molecule has 1 aromatic rings. The van der Waals surface area contributed by atoms with Crippen LogP contribution in [-0.4, -0.2) is 13.7 Å². The number of hydrogen-bond donors (Lipinski definition) is 1. The zero-order valence-electron chi connectivity index (χ0n) is 8.75. The lowest BCUT2D eigenvalue weighted by Gasteiger charge is -2.06. The molecule has 77 valence electrons. The van der Waals surface area contributed by atoms with Gasteiger partial charge in [0.1, 0.15) is 5.75 Å². The van der Waals surface area contributed by atoms with Crippen LogP contribution in [0.1, 0.15) is 19.3 Å². The summed E-state index contributed by atoms with van der Waals surface area (Å²) in [6.45, 7) is 4.82. The first-order chi connectivity index (χ1) is 6.86. The van der Waals surface area contributed by atoms with Crippen molar-refractivity contribution in [1.29, 1.82) is 0 Å². The van der Waals surface area contributed by atoms with Crippen molar-refractivity contribution in [2.24, 2.45) is 0 Å². The van der Waals surface area contributed by atoms with Crippen LogP contribution in [-0.2, 0) is 0 Å². The molecule has 1 radical (unpaired) electrons. The predicted molar refractivity (Wildman–Crippen MR) is 60.7 cm³/mol. The van der Waals surface area contributed by atoms with Crippen molar-refractivity contribution < 1.29 is 4.74 Å². The zero-order chi connectivity index (χ0) is 10.2. The van der Waals surface area contributed by atoms with Crippen LogP contribution in [0, 0.1) is 6.92 Å². The number of anilines is 1. The molecule has 0 aliphatic heterocycles. The largest absolute Gasteiger partial charge is 0.497 e. The van der Waals surface area contributed by atoms with E-state index < -0.39 is 0 Å². The second-order valence-electron chi connectivity index (χ2n) is 3.22. The van der Waals surface area contributed by atoms with E-state index in [0.29, 0.717) is 0 Å². The lowest BCUT2D eigenvalue weighted by atomic mass is 10.2. The van der Waals surface area contributed by atoms with Crippen LogP contribution in [0.2, 0.25) is 0 Å². The first kappa shape index (κ1) is 10.9. The molecule has 0 aliphatic carbocycles. The third-order valence-electron chi connectivity index (χ3n) is 2.10. The molecule has 1 N–H and O–H groups in total. The van der Waals surface area contributed by atoms with Crippen LogP contribution in [0.5, 0.6) is 5.75 Å². The van der Waals surface area contributed by atoms with Gasteiger partial charge in [-0.3, -0.25) is 0 Å². The lowest BCUT2D eigenvalue weighted by Crippen LogP contribution is -2.00. The van der Waals surface area contributed by atoms with E-state index in [0.717, 1.165) is 24.4 Å². The minimum absolute atomic E-state index is 0.897. The molecule has 0 saturated heterocycles. The molecule has 2 heteroatoms. The highest BCUT2D eigenvalue weighted by Crippen LogP contribution is 2.14. The van der Waals surface area contributed by atoms with Crippen molar-refractivity contribution in [1.82, 2.24) is 0 Å². The Morgan fingerprint density at radius 2 is 1.93 bits per heavy atom. The SMILES string of the molecule is [CH2]CCCCNc1ccc(OC)cc1. The number of benzene rings is 1. The van der Waals surface area contributed by atoms with Gasteiger partial charge < -0.3 is 10.1 Å². The van der Waals surface area contributed by atoms with Gasteiger partial charge in [0, 0.05) is 12.2 Å². The molecule has 0 saturated carbocycles. The van der Waals surface area contributed by atoms with Crippen molar-refractivity contribution >= 4 is 5.69 Å². The van der Waals surface area contributed by atoms with E-state index in [1.807, 2.05) is 24.3 Å². The minimum atomic E-state index is 0.897. The van der Waals surface area contributed by atoms with Crippen molar-refractivity contribution in [2.75, 3.05) is 19.0 Å². The summed E-state index contributed by atoms with van der Waals surface area (Å²) in [5.74, 6) is 0.897. The molecule has 0 aliphatic rings. The highest BCUT2D eigenvalue weighted by Gasteiger charge is 1.92. The molecule has 0 atom stereocenters. The molecular formula is C12H18NO. The maximum absolute atomic E-state index is 5.08. The van der Waals surface area contributed by atoms with E-state index >= 15 is 0 Å². The Hall–Kier alpha value is -1.18. The van der Waals surface area contributed by atoms with Gasteiger partial charge in [0.05, 0.1) is 7.11 Å². The average molecular weight is 192 g/mol. The first-order valence-corrected chi connectivity index (χ1v) is 5.04. The third kappa shape index (κ3) is 3.69. The van der Waals surface area contributed by atoms with Crippen LogP contribution < -0.4 is 10.1 Å². The molecule has 2 nitrogen and oxygen atoms in total. The van der Waals surface area contributed by atoms with E-state index in [-0.39, 0.29) is 0 Å². The number of rotatable bonds is 6. The first-order valence-electron chi connectivity index (χ1n) is 5.04. The molecule has 0 aromatic heterocycles. The van der Waals surface area contributed by atoms with Crippen LogP contribution >= 0.6 is 0 Å². The van der Waals surface area contributed by atoms with E-state index in [2.05, 4.69) is 12.2 Å². The summed E-state index contributed by atoms with van der Waals surface area (Å²) in [6.07, 6.45) is 3.38. The van der Waals surface area contributed by atoms with E-state index in [9.17, 15) is 0 Å². The molecule has 0 unspecified atom stereocenters. The van der Waals surface area contributed by atoms with Crippen molar-refractivity contribution in [3.63, 3.8) is 0 Å². The molecule has 1 aromatic carbocycles. The summed E-state index contributed by atoms with van der Waals surface area (Å²) in [5, 5.41) is 3.35. The fraction of sp³-hybridized carbons (Fsp3) is 0.417. The highest BCUT2D eigenvalue weighted by molar-refractivity contribution is 5.46. The molecule has 1 rings (SSSR count). The Labute approximate surface area is 86.3 Å². The second-order valence-corrected chi connectivity index (χ2v) is 3.22. The van der Waals surface area contributed by atoms with Crippen molar-refractivity contribution in [3.8, 4) is 5.75 Å². The van der Waals surface area contributed by atoms with Gasteiger partial charge in [0.15, 0.2) is 0 Å². The Bertz CT molecular complexity index is 243. The standard InChI is InChI=1S/C12H18NO/c1-3-4-5-10-13-11-6-8-12(14-2)9-7-11/h6-9,13H,1,3-5,10H2,2H3. The van der Waals surface area contributed by atoms with E-state index in [1.54, 1.807) is 7.11 Å². The van der Waals surface area contributed by atoms with Crippen molar-refractivity contribution in [3.05, 3.63) is 31.2 Å². The Morgan fingerprint density at radius 1 is 1.21 bits per heavy atom. The number of unbranched alkanes of at least 4 members (excludes halogenated alkanes) is 2. The van der Waals surface area contributed by atoms with Gasteiger partial charge in [-0.25, -0.2) is 0 Å². The minimum Gasteiger partial charge on any atom is -0.497 e. The third-order valence-corrected chi connectivity index (χ3v) is 2.10. The molecule has 0 fully saturated rings. The number of nitrogens with one attached hydrogen (secondary N) is 1. The second kappa shape index (κ2) is 6.30. The summed E-state index contributed by atoms with van der Waals surface area (Å²) in [6, 6.07) is 7.99. The Balaban J connectivity index is 2.29. The Morgan fingerprint density at radius 3 is 2.50 bits per heavy atom. The quantitative estimate of drug-likeness (QED) is 0.699. The van der Waals surface area contributed by atoms with Gasteiger partial charge in [0.25, 0.3) is 0 Å². The fourth-order valence-electron chi connectivity index (χ4n) is 1.24. The highest BCUT2D eigenvalue weighted by atomic mass is 16.5. The Kier molecular flexibility index (Phi) is 4.90. The summed E-state index contributed by atoms with van der Waals surface area (Å²) in [7, 11) is 1.68. The van der Waals surface area contributed by atoms with E-state index in [4.69, 9.17) is 4.74 Å².